The number of thioether (sulfide) groups is 1. The van der Waals surface area contributed by atoms with Crippen molar-refractivity contribution in [1.29, 1.82) is 0 Å². The molecule has 0 spiro atoms. The zero-order valence-electron chi connectivity index (χ0n) is 13.2. The maximum Gasteiger partial charge on any atom is 0.234 e. The van der Waals surface area contributed by atoms with Gasteiger partial charge >= 0.3 is 0 Å². The first-order valence-electron chi connectivity index (χ1n) is 8.04. The van der Waals surface area contributed by atoms with Gasteiger partial charge in [0.25, 0.3) is 0 Å². The maximum absolute atomic E-state index is 12.2. The molecule has 0 bridgehead atoms. The van der Waals surface area contributed by atoms with Crippen molar-refractivity contribution in [3.8, 4) is 11.5 Å². The Morgan fingerprint density at radius 2 is 2.12 bits per heavy atom. The summed E-state index contributed by atoms with van der Waals surface area (Å²) in [6.45, 7) is 1.16. The molecule has 0 fully saturated rings. The Balaban J connectivity index is 1.36. The van der Waals surface area contributed by atoms with Crippen LogP contribution in [0, 0.1) is 0 Å². The monoisotopic (exact) mass is 346 g/mol. The zero-order chi connectivity index (χ0) is 16.4. The van der Waals surface area contributed by atoms with Gasteiger partial charge < -0.3 is 19.4 Å². The third-order valence-electron chi connectivity index (χ3n) is 4.06. The van der Waals surface area contributed by atoms with Crippen LogP contribution in [-0.4, -0.2) is 33.2 Å². The van der Waals surface area contributed by atoms with Gasteiger partial charge in [0.05, 0.1) is 5.75 Å². The number of hydrogen-bond acceptors (Lipinski definition) is 6. The van der Waals surface area contributed by atoms with E-state index in [0.29, 0.717) is 22.9 Å². The van der Waals surface area contributed by atoms with Crippen molar-refractivity contribution in [2.45, 2.75) is 37.4 Å². The zero-order valence-corrected chi connectivity index (χ0v) is 14.0. The lowest BCUT2D eigenvalue weighted by Crippen LogP contribution is -2.14. The second-order valence-corrected chi connectivity index (χ2v) is 6.71. The molecule has 4 rings (SSSR count). The average molecular weight is 346 g/mol. The second kappa shape index (κ2) is 6.72. The number of anilines is 1. The molecule has 1 aromatic carbocycles. The van der Waals surface area contributed by atoms with Gasteiger partial charge in [0.2, 0.25) is 12.7 Å². The highest BCUT2D eigenvalue weighted by atomic mass is 32.2. The van der Waals surface area contributed by atoms with Crippen LogP contribution in [-0.2, 0) is 17.8 Å². The molecule has 126 valence electrons. The van der Waals surface area contributed by atoms with Gasteiger partial charge in [0.15, 0.2) is 16.7 Å². The maximum atomic E-state index is 12.2. The predicted octanol–water partition coefficient (Wildman–Crippen LogP) is 2.46. The first kappa shape index (κ1) is 15.3. The van der Waals surface area contributed by atoms with Crippen LogP contribution in [0.1, 0.15) is 25.1 Å². The van der Waals surface area contributed by atoms with Gasteiger partial charge in [-0.25, -0.2) is 0 Å². The Morgan fingerprint density at radius 3 is 3.08 bits per heavy atom. The molecule has 8 heteroatoms. The number of ether oxygens (including phenoxy) is 2. The summed E-state index contributed by atoms with van der Waals surface area (Å²) in [4.78, 5) is 12.2. The lowest BCUT2D eigenvalue weighted by atomic mass is 10.2. The normalized spacial score (nSPS) is 15.7. The fourth-order valence-electron chi connectivity index (χ4n) is 2.87. The molecule has 0 saturated heterocycles. The van der Waals surface area contributed by atoms with E-state index < -0.39 is 0 Å². The van der Waals surface area contributed by atoms with Crippen molar-refractivity contribution in [3.05, 3.63) is 24.0 Å². The van der Waals surface area contributed by atoms with Gasteiger partial charge in [0.1, 0.15) is 5.82 Å². The van der Waals surface area contributed by atoms with Crippen LogP contribution in [0.15, 0.2) is 23.4 Å². The van der Waals surface area contributed by atoms with Crippen LogP contribution in [0.2, 0.25) is 0 Å². The van der Waals surface area contributed by atoms with E-state index in [4.69, 9.17) is 9.47 Å². The molecule has 0 saturated carbocycles. The molecule has 0 unspecified atom stereocenters. The van der Waals surface area contributed by atoms with E-state index in [1.54, 1.807) is 18.2 Å². The lowest BCUT2D eigenvalue weighted by molar-refractivity contribution is -0.113. The average Bonchev–Trinajstić information content (AvgIpc) is 3.13. The molecular weight excluding hydrogens is 328 g/mol. The van der Waals surface area contributed by atoms with Crippen LogP contribution in [0.3, 0.4) is 0 Å². The molecule has 1 amide bonds. The Kier molecular flexibility index (Phi) is 4.29. The van der Waals surface area contributed by atoms with Crippen LogP contribution >= 0.6 is 11.8 Å². The molecule has 0 radical (unpaired) electrons. The Morgan fingerprint density at radius 1 is 1.21 bits per heavy atom. The molecule has 24 heavy (non-hydrogen) atoms. The minimum Gasteiger partial charge on any atom is -0.454 e. The number of nitrogens with one attached hydrogen (secondary N) is 1. The number of carbonyl (C=O) groups excluding carboxylic acids is 1. The van der Waals surface area contributed by atoms with Crippen molar-refractivity contribution < 1.29 is 14.3 Å². The second-order valence-electron chi connectivity index (χ2n) is 5.77. The first-order valence-corrected chi connectivity index (χ1v) is 9.02. The highest BCUT2D eigenvalue weighted by Crippen LogP contribution is 2.34. The van der Waals surface area contributed by atoms with Gasteiger partial charge in [-0.15, -0.1) is 10.2 Å². The summed E-state index contributed by atoms with van der Waals surface area (Å²) >= 11 is 1.43. The molecule has 0 atom stereocenters. The van der Waals surface area contributed by atoms with Crippen molar-refractivity contribution in [3.63, 3.8) is 0 Å². The van der Waals surface area contributed by atoms with Gasteiger partial charge in [0, 0.05) is 24.7 Å². The lowest BCUT2D eigenvalue weighted by Gasteiger charge is -2.07. The largest absolute Gasteiger partial charge is 0.454 e. The third kappa shape index (κ3) is 3.19. The van der Waals surface area contributed by atoms with Crippen molar-refractivity contribution in [1.82, 2.24) is 14.8 Å². The van der Waals surface area contributed by atoms with Gasteiger partial charge in [-0.1, -0.05) is 18.2 Å². The van der Waals surface area contributed by atoms with E-state index in [1.165, 1.54) is 18.2 Å². The summed E-state index contributed by atoms with van der Waals surface area (Å²) in [6, 6.07) is 5.37. The molecule has 2 aliphatic rings. The molecule has 3 heterocycles. The van der Waals surface area contributed by atoms with Crippen LogP contribution in [0.5, 0.6) is 11.5 Å². The van der Waals surface area contributed by atoms with Crippen LogP contribution < -0.4 is 14.8 Å². The number of aromatic nitrogens is 3. The Bertz CT molecular complexity index is 762. The third-order valence-corrected chi connectivity index (χ3v) is 5.03. The topological polar surface area (TPSA) is 78.3 Å². The molecule has 0 aliphatic carbocycles. The molecule has 1 N–H and O–H groups in total. The fraction of sp³-hybridized carbons (Fsp3) is 0.438. The van der Waals surface area contributed by atoms with Gasteiger partial charge in [-0.3, -0.25) is 4.79 Å². The SMILES string of the molecule is O=C(CSc1nnc2n1CCCCC2)Nc1ccc2c(c1)OCO2. The number of carbonyl (C=O) groups is 1. The standard InChI is InChI=1S/C16H18N4O3S/c21-15(17-11-5-6-12-13(8-11)23-10-22-12)9-24-16-19-18-14-4-2-1-3-7-20(14)16/h5-6,8H,1-4,7,9-10H2,(H,17,21). The number of nitrogens with zero attached hydrogens (tertiary/aromatic N) is 3. The predicted molar refractivity (Wildman–Crippen MR) is 89.5 cm³/mol. The van der Waals surface area contributed by atoms with E-state index in [2.05, 4.69) is 20.1 Å². The van der Waals surface area contributed by atoms with Crippen molar-refractivity contribution >= 4 is 23.4 Å². The molecular formula is C16H18N4O3S. The number of benzene rings is 1. The van der Waals surface area contributed by atoms with Crippen molar-refractivity contribution in [2.75, 3.05) is 17.9 Å². The summed E-state index contributed by atoms with van der Waals surface area (Å²) in [5.41, 5.74) is 0.699. The van der Waals surface area contributed by atoms with E-state index in [9.17, 15) is 4.79 Å². The molecule has 2 aliphatic heterocycles. The summed E-state index contributed by atoms with van der Waals surface area (Å²) in [5, 5.41) is 12.2. The number of amides is 1. The van der Waals surface area contributed by atoms with E-state index >= 15 is 0 Å². The van der Waals surface area contributed by atoms with Crippen molar-refractivity contribution in [2.24, 2.45) is 0 Å². The fourth-order valence-corrected chi connectivity index (χ4v) is 3.65. The Hall–Kier alpha value is -2.22. The number of rotatable bonds is 4. The molecule has 2 aromatic rings. The smallest absolute Gasteiger partial charge is 0.234 e. The number of fused-ring (bicyclic) bond motifs is 2. The highest BCUT2D eigenvalue weighted by molar-refractivity contribution is 7.99. The summed E-state index contributed by atoms with van der Waals surface area (Å²) in [5.74, 6) is 2.61. The summed E-state index contributed by atoms with van der Waals surface area (Å²) in [6.07, 6.45) is 4.49. The summed E-state index contributed by atoms with van der Waals surface area (Å²) in [7, 11) is 0. The molecule has 7 nitrogen and oxygen atoms in total. The molecule has 1 aromatic heterocycles. The quantitative estimate of drug-likeness (QED) is 0.857. The van der Waals surface area contributed by atoms with Crippen LogP contribution in [0.25, 0.3) is 0 Å². The number of aryl methyl sites for hydroxylation is 1. The minimum absolute atomic E-state index is 0.0789. The van der Waals surface area contributed by atoms with E-state index in [-0.39, 0.29) is 12.7 Å². The van der Waals surface area contributed by atoms with Crippen LogP contribution in [0.4, 0.5) is 5.69 Å². The van der Waals surface area contributed by atoms with E-state index in [1.807, 2.05) is 0 Å². The minimum atomic E-state index is -0.0789. The van der Waals surface area contributed by atoms with Gasteiger partial charge in [-0.05, 0) is 25.0 Å². The highest BCUT2D eigenvalue weighted by Gasteiger charge is 2.17. The van der Waals surface area contributed by atoms with Gasteiger partial charge in [-0.2, -0.15) is 0 Å². The number of hydrogen-bond donors (Lipinski definition) is 1. The summed E-state index contributed by atoms with van der Waals surface area (Å²) < 4.78 is 12.7. The van der Waals surface area contributed by atoms with E-state index in [0.717, 1.165) is 36.8 Å². The Labute approximate surface area is 143 Å². The first-order chi connectivity index (χ1) is 11.8.